The Labute approximate surface area is 121 Å². The second kappa shape index (κ2) is 6.28. The highest BCUT2D eigenvalue weighted by molar-refractivity contribution is 7.80. The van der Waals surface area contributed by atoms with Crippen molar-refractivity contribution in [1.29, 1.82) is 5.26 Å². The number of methoxy groups -OCH3 is 1. The first-order valence-electron chi connectivity index (χ1n) is 5.71. The normalized spacial score (nSPS) is 10.1. The minimum Gasteiger partial charge on any atom is -0.493 e. The lowest BCUT2D eigenvalue weighted by Gasteiger charge is -2.08. The van der Waals surface area contributed by atoms with Crippen LogP contribution in [-0.4, -0.2) is 24.0 Å². The largest absolute Gasteiger partial charge is 0.493 e. The minimum atomic E-state index is -0.177. The standard InChI is InChI=1S/C14H12N2O3S/c1-18-8-19-10-4-2-9(3-5-10)11-6-13(17)16-14(20)12(11)7-15/h2-6H,8H2,1H3,(H2,16,17,20). The first-order valence-corrected chi connectivity index (χ1v) is 6.15. The molecule has 6 heteroatoms. The number of rotatable bonds is 4. The number of nitrogens with zero attached hydrogens (tertiary/aromatic N) is 2. The fraction of sp³-hybridized carbons (Fsp3) is 0.143. The van der Waals surface area contributed by atoms with Gasteiger partial charge in [-0.2, -0.15) is 5.26 Å². The number of aromatic hydroxyl groups is 1. The average molecular weight is 288 g/mol. The van der Waals surface area contributed by atoms with Gasteiger partial charge in [0.05, 0.1) is 5.56 Å². The molecule has 0 amide bonds. The molecule has 0 saturated carbocycles. The van der Waals surface area contributed by atoms with Gasteiger partial charge in [0.15, 0.2) is 6.79 Å². The van der Waals surface area contributed by atoms with Crippen molar-refractivity contribution in [2.45, 2.75) is 5.03 Å². The molecule has 0 aliphatic carbocycles. The maximum atomic E-state index is 9.54. The van der Waals surface area contributed by atoms with E-state index in [1.54, 1.807) is 31.4 Å². The molecular weight excluding hydrogens is 276 g/mol. The van der Waals surface area contributed by atoms with E-state index in [0.29, 0.717) is 16.9 Å². The number of benzene rings is 1. The van der Waals surface area contributed by atoms with Crippen LogP contribution in [0.5, 0.6) is 11.6 Å². The van der Waals surface area contributed by atoms with Gasteiger partial charge in [0.25, 0.3) is 0 Å². The Morgan fingerprint density at radius 2 is 2.05 bits per heavy atom. The molecule has 0 atom stereocenters. The maximum absolute atomic E-state index is 9.54. The van der Waals surface area contributed by atoms with Crippen molar-refractivity contribution in [2.75, 3.05) is 13.9 Å². The number of pyridine rings is 1. The molecular formula is C14H12N2O3S. The zero-order valence-electron chi connectivity index (χ0n) is 10.7. The van der Waals surface area contributed by atoms with E-state index in [9.17, 15) is 5.11 Å². The average Bonchev–Trinajstić information content (AvgIpc) is 2.45. The third kappa shape index (κ3) is 3.02. The van der Waals surface area contributed by atoms with E-state index in [2.05, 4.69) is 17.6 Å². The quantitative estimate of drug-likeness (QED) is 0.668. The van der Waals surface area contributed by atoms with Crippen molar-refractivity contribution in [3.8, 4) is 28.8 Å². The van der Waals surface area contributed by atoms with Crippen molar-refractivity contribution >= 4 is 12.6 Å². The van der Waals surface area contributed by atoms with Crippen LogP contribution in [0, 0.1) is 11.3 Å². The molecule has 2 aromatic rings. The summed E-state index contributed by atoms with van der Waals surface area (Å²) in [4.78, 5) is 3.74. The summed E-state index contributed by atoms with van der Waals surface area (Å²) in [5.41, 5.74) is 1.65. The predicted octanol–water partition coefficient (Wildman–Crippen LogP) is 2.60. The molecule has 5 nitrogen and oxygen atoms in total. The van der Waals surface area contributed by atoms with Gasteiger partial charge in [-0.25, -0.2) is 4.98 Å². The Hall–Kier alpha value is -2.23. The molecule has 20 heavy (non-hydrogen) atoms. The topological polar surface area (TPSA) is 75.4 Å². The minimum absolute atomic E-state index is 0.166. The van der Waals surface area contributed by atoms with E-state index in [1.165, 1.54) is 6.07 Å². The molecule has 1 heterocycles. The third-order valence-corrected chi connectivity index (χ3v) is 2.93. The summed E-state index contributed by atoms with van der Waals surface area (Å²) in [6, 6.07) is 10.6. The van der Waals surface area contributed by atoms with Crippen LogP contribution in [0.15, 0.2) is 35.4 Å². The zero-order chi connectivity index (χ0) is 14.5. The summed E-state index contributed by atoms with van der Waals surface area (Å²) in [7, 11) is 1.54. The van der Waals surface area contributed by atoms with Crippen molar-refractivity contribution in [1.82, 2.24) is 4.98 Å². The second-order valence-electron chi connectivity index (χ2n) is 3.91. The van der Waals surface area contributed by atoms with Crippen molar-refractivity contribution < 1.29 is 14.6 Å². The van der Waals surface area contributed by atoms with Gasteiger partial charge >= 0.3 is 0 Å². The molecule has 0 aliphatic heterocycles. The molecule has 0 saturated heterocycles. The van der Waals surface area contributed by atoms with Crippen LogP contribution in [0.1, 0.15) is 5.56 Å². The summed E-state index contributed by atoms with van der Waals surface area (Å²) in [5.74, 6) is 0.474. The van der Waals surface area contributed by atoms with Crippen LogP contribution in [0.25, 0.3) is 11.1 Å². The Morgan fingerprint density at radius 1 is 1.35 bits per heavy atom. The highest BCUT2D eigenvalue weighted by atomic mass is 32.1. The highest BCUT2D eigenvalue weighted by Gasteiger charge is 2.11. The van der Waals surface area contributed by atoms with Gasteiger partial charge in [0, 0.05) is 18.7 Å². The van der Waals surface area contributed by atoms with Gasteiger partial charge in [-0.1, -0.05) is 12.1 Å². The summed E-state index contributed by atoms with van der Waals surface area (Å²) < 4.78 is 10.1. The van der Waals surface area contributed by atoms with E-state index in [4.69, 9.17) is 14.7 Å². The molecule has 1 N–H and O–H groups in total. The Kier molecular flexibility index (Phi) is 4.45. The van der Waals surface area contributed by atoms with E-state index >= 15 is 0 Å². The maximum Gasteiger partial charge on any atom is 0.212 e. The SMILES string of the molecule is COCOc1ccc(-c2cc(O)nc(S)c2C#N)cc1. The fourth-order valence-corrected chi connectivity index (χ4v) is 1.99. The third-order valence-electron chi connectivity index (χ3n) is 2.61. The number of ether oxygens (including phenoxy) is 2. The van der Waals surface area contributed by atoms with Crippen LogP contribution in [0.4, 0.5) is 0 Å². The molecule has 0 fully saturated rings. The molecule has 102 valence electrons. The van der Waals surface area contributed by atoms with Crippen LogP contribution >= 0.6 is 12.6 Å². The molecule has 0 bridgehead atoms. The van der Waals surface area contributed by atoms with Gasteiger partial charge in [-0.15, -0.1) is 12.6 Å². The first kappa shape index (κ1) is 14.2. The number of hydrogen-bond donors (Lipinski definition) is 2. The van der Waals surface area contributed by atoms with Gasteiger partial charge in [-0.3, -0.25) is 0 Å². The first-order chi connectivity index (χ1) is 9.65. The highest BCUT2D eigenvalue weighted by Crippen LogP contribution is 2.30. The lowest BCUT2D eigenvalue weighted by atomic mass is 10.0. The molecule has 0 spiro atoms. The number of aromatic nitrogens is 1. The van der Waals surface area contributed by atoms with Crippen LogP contribution in [-0.2, 0) is 4.74 Å². The lowest BCUT2D eigenvalue weighted by Crippen LogP contribution is -1.98. The summed E-state index contributed by atoms with van der Waals surface area (Å²) in [6.45, 7) is 0.166. The monoisotopic (exact) mass is 288 g/mol. The van der Waals surface area contributed by atoms with Crippen LogP contribution in [0.2, 0.25) is 0 Å². The lowest BCUT2D eigenvalue weighted by molar-refractivity contribution is 0.0511. The Bertz CT molecular complexity index is 651. The van der Waals surface area contributed by atoms with Crippen LogP contribution < -0.4 is 4.74 Å². The molecule has 1 aromatic carbocycles. The number of nitriles is 1. The van der Waals surface area contributed by atoms with Crippen molar-refractivity contribution in [2.24, 2.45) is 0 Å². The van der Waals surface area contributed by atoms with Crippen molar-refractivity contribution in [3.05, 3.63) is 35.9 Å². The Balaban J connectivity index is 2.39. The number of thiol groups is 1. The predicted molar refractivity (Wildman–Crippen MR) is 75.8 cm³/mol. The smallest absolute Gasteiger partial charge is 0.212 e. The molecule has 0 unspecified atom stereocenters. The van der Waals surface area contributed by atoms with E-state index < -0.39 is 0 Å². The number of hydrogen-bond acceptors (Lipinski definition) is 6. The van der Waals surface area contributed by atoms with E-state index in [-0.39, 0.29) is 17.7 Å². The zero-order valence-corrected chi connectivity index (χ0v) is 11.6. The van der Waals surface area contributed by atoms with Gasteiger partial charge in [0.2, 0.25) is 5.88 Å². The van der Waals surface area contributed by atoms with E-state index in [0.717, 1.165) is 5.56 Å². The Morgan fingerprint density at radius 3 is 2.65 bits per heavy atom. The molecule has 1 aromatic heterocycles. The fourth-order valence-electron chi connectivity index (χ4n) is 1.71. The summed E-state index contributed by atoms with van der Waals surface area (Å²) in [6.07, 6.45) is 0. The molecule has 0 aliphatic rings. The van der Waals surface area contributed by atoms with Crippen LogP contribution in [0.3, 0.4) is 0 Å². The summed E-state index contributed by atoms with van der Waals surface area (Å²) in [5, 5.41) is 18.9. The second-order valence-corrected chi connectivity index (χ2v) is 4.34. The van der Waals surface area contributed by atoms with E-state index in [1.807, 2.05) is 6.07 Å². The summed E-state index contributed by atoms with van der Waals surface area (Å²) >= 11 is 4.10. The van der Waals surface area contributed by atoms with Crippen molar-refractivity contribution in [3.63, 3.8) is 0 Å². The molecule has 0 radical (unpaired) electrons. The van der Waals surface area contributed by atoms with Gasteiger partial charge < -0.3 is 14.6 Å². The van der Waals surface area contributed by atoms with Gasteiger partial charge in [0.1, 0.15) is 16.8 Å². The van der Waals surface area contributed by atoms with Gasteiger partial charge in [-0.05, 0) is 17.7 Å². The molecule has 2 rings (SSSR count).